The Kier molecular flexibility index (Phi) is 5.20. The summed E-state index contributed by atoms with van der Waals surface area (Å²) >= 11 is 12.3. The van der Waals surface area contributed by atoms with Crippen LogP contribution >= 0.6 is 23.2 Å². The molecule has 0 saturated heterocycles. The van der Waals surface area contributed by atoms with Gasteiger partial charge < -0.3 is 5.32 Å². The van der Waals surface area contributed by atoms with E-state index in [2.05, 4.69) is 17.2 Å². The zero-order chi connectivity index (χ0) is 13.7. The van der Waals surface area contributed by atoms with Crippen LogP contribution in [0.25, 0.3) is 0 Å². The van der Waals surface area contributed by atoms with Crippen molar-refractivity contribution in [1.29, 1.82) is 0 Å². The summed E-state index contributed by atoms with van der Waals surface area (Å²) in [5.41, 5.74) is 1.90. The summed E-state index contributed by atoms with van der Waals surface area (Å²) in [6.07, 6.45) is 2.80. The standard InChI is InChI=1S/C15H16Cl2N2/c1-2-8-18-14(11-5-3-6-12(16)10-11)15-13(17)7-4-9-19-15/h3-7,9-10,14,18H,2,8H2,1H3. The van der Waals surface area contributed by atoms with Gasteiger partial charge in [0.05, 0.1) is 16.8 Å². The Morgan fingerprint density at radius 2 is 2.05 bits per heavy atom. The van der Waals surface area contributed by atoms with Gasteiger partial charge in [-0.15, -0.1) is 0 Å². The molecule has 0 spiro atoms. The van der Waals surface area contributed by atoms with Gasteiger partial charge in [0.2, 0.25) is 0 Å². The summed E-state index contributed by atoms with van der Waals surface area (Å²) in [5, 5.41) is 4.84. The lowest BCUT2D eigenvalue weighted by molar-refractivity contribution is 0.587. The summed E-state index contributed by atoms with van der Waals surface area (Å²) in [6, 6.07) is 11.4. The number of nitrogens with zero attached hydrogens (tertiary/aromatic N) is 1. The molecule has 0 aliphatic heterocycles. The van der Waals surface area contributed by atoms with E-state index in [1.165, 1.54) is 0 Å². The molecule has 0 radical (unpaired) electrons. The Labute approximate surface area is 123 Å². The lowest BCUT2D eigenvalue weighted by Gasteiger charge is -2.19. The summed E-state index contributed by atoms with van der Waals surface area (Å²) in [4.78, 5) is 4.40. The molecule has 0 amide bonds. The van der Waals surface area contributed by atoms with Gasteiger partial charge in [-0.2, -0.15) is 0 Å². The van der Waals surface area contributed by atoms with E-state index in [4.69, 9.17) is 23.2 Å². The summed E-state index contributed by atoms with van der Waals surface area (Å²) in [5.74, 6) is 0. The average molecular weight is 295 g/mol. The van der Waals surface area contributed by atoms with E-state index >= 15 is 0 Å². The molecular formula is C15H16Cl2N2. The molecule has 0 bridgehead atoms. The van der Waals surface area contributed by atoms with Crippen LogP contribution < -0.4 is 5.32 Å². The number of hydrogen-bond acceptors (Lipinski definition) is 2. The van der Waals surface area contributed by atoms with Gasteiger partial charge in [0, 0.05) is 11.2 Å². The van der Waals surface area contributed by atoms with Gasteiger partial charge in [0.1, 0.15) is 0 Å². The molecule has 1 aromatic carbocycles. The second-order valence-corrected chi connectivity index (χ2v) is 5.16. The molecule has 0 aliphatic rings. The summed E-state index contributed by atoms with van der Waals surface area (Å²) < 4.78 is 0. The number of nitrogens with one attached hydrogen (secondary N) is 1. The zero-order valence-electron chi connectivity index (χ0n) is 10.7. The van der Waals surface area contributed by atoms with Crippen LogP contribution in [0.2, 0.25) is 10.0 Å². The van der Waals surface area contributed by atoms with Crippen molar-refractivity contribution in [2.75, 3.05) is 6.54 Å². The second kappa shape index (κ2) is 6.90. The first-order valence-corrected chi connectivity index (χ1v) is 7.07. The van der Waals surface area contributed by atoms with Crippen molar-refractivity contribution in [3.63, 3.8) is 0 Å². The fourth-order valence-corrected chi connectivity index (χ4v) is 2.39. The molecule has 0 fully saturated rings. The smallest absolute Gasteiger partial charge is 0.0804 e. The lowest BCUT2D eigenvalue weighted by Crippen LogP contribution is -2.24. The number of rotatable bonds is 5. The monoisotopic (exact) mass is 294 g/mol. The fraction of sp³-hybridized carbons (Fsp3) is 0.267. The van der Waals surface area contributed by atoms with Gasteiger partial charge in [0.25, 0.3) is 0 Å². The van der Waals surface area contributed by atoms with E-state index in [0.717, 1.165) is 24.2 Å². The summed E-state index contributed by atoms with van der Waals surface area (Å²) in [6.45, 7) is 3.02. The van der Waals surface area contributed by atoms with Crippen LogP contribution in [0.3, 0.4) is 0 Å². The van der Waals surface area contributed by atoms with Gasteiger partial charge in [-0.1, -0.05) is 42.3 Å². The number of pyridine rings is 1. The van der Waals surface area contributed by atoms with E-state index in [-0.39, 0.29) is 6.04 Å². The van der Waals surface area contributed by atoms with Gasteiger partial charge in [-0.25, -0.2) is 0 Å². The van der Waals surface area contributed by atoms with Crippen LogP contribution in [0.1, 0.15) is 30.6 Å². The highest BCUT2D eigenvalue weighted by Crippen LogP contribution is 2.27. The van der Waals surface area contributed by atoms with Crippen molar-refractivity contribution < 1.29 is 0 Å². The van der Waals surface area contributed by atoms with E-state index in [9.17, 15) is 0 Å². The third-order valence-corrected chi connectivity index (χ3v) is 3.40. The van der Waals surface area contributed by atoms with Crippen molar-refractivity contribution in [2.45, 2.75) is 19.4 Å². The van der Waals surface area contributed by atoms with Crippen LogP contribution in [-0.2, 0) is 0 Å². The first-order valence-electron chi connectivity index (χ1n) is 6.31. The molecule has 0 aliphatic carbocycles. The van der Waals surface area contributed by atoms with E-state index in [1.54, 1.807) is 6.20 Å². The van der Waals surface area contributed by atoms with E-state index in [1.807, 2.05) is 36.4 Å². The molecule has 2 rings (SSSR count). The molecule has 1 atom stereocenters. The van der Waals surface area contributed by atoms with Crippen molar-refractivity contribution in [3.05, 3.63) is 63.9 Å². The first-order chi connectivity index (χ1) is 9.22. The Bertz CT molecular complexity index is 543. The molecule has 2 aromatic rings. The van der Waals surface area contributed by atoms with Crippen LogP contribution in [0.5, 0.6) is 0 Å². The fourth-order valence-electron chi connectivity index (χ4n) is 1.96. The van der Waals surface area contributed by atoms with Gasteiger partial charge in [0.15, 0.2) is 0 Å². The van der Waals surface area contributed by atoms with Gasteiger partial charge in [-0.3, -0.25) is 4.98 Å². The molecule has 1 unspecified atom stereocenters. The van der Waals surface area contributed by atoms with Crippen molar-refractivity contribution in [1.82, 2.24) is 10.3 Å². The zero-order valence-corrected chi connectivity index (χ0v) is 12.2. The Hall–Kier alpha value is -1.09. The maximum atomic E-state index is 6.25. The minimum Gasteiger partial charge on any atom is -0.305 e. The third kappa shape index (κ3) is 3.69. The second-order valence-electron chi connectivity index (χ2n) is 4.31. The molecule has 4 heteroatoms. The molecule has 19 heavy (non-hydrogen) atoms. The Morgan fingerprint density at radius 1 is 1.21 bits per heavy atom. The van der Waals surface area contributed by atoms with Crippen LogP contribution in [0, 0.1) is 0 Å². The largest absolute Gasteiger partial charge is 0.305 e. The molecule has 1 heterocycles. The summed E-state index contributed by atoms with van der Waals surface area (Å²) in [7, 11) is 0. The molecule has 100 valence electrons. The van der Waals surface area contributed by atoms with Crippen molar-refractivity contribution >= 4 is 23.2 Å². The third-order valence-electron chi connectivity index (χ3n) is 2.84. The molecule has 1 N–H and O–H groups in total. The number of benzene rings is 1. The number of halogens is 2. The molecule has 0 saturated carbocycles. The Morgan fingerprint density at radius 3 is 2.74 bits per heavy atom. The average Bonchev–Trinajstić information content (AvgIpc) is 2.41. The normalized spacial score (nSPS) is 12.4. The SMILES string of the molecule is CCCNC(c1cccc(Cl)c1)c1ncccc1Cl. The maximum absolute atomic E-state index is 6.25. The minimum atomic E-state index is -0.0349. The van der Waals surface area contributed by atoms with E-state index < -0.39 is 0 Å². The minimum absolute atomic E-state index is 0.0349. The van der Waals surface area contributed by atoms with Crippen molar-refractivity contribution in [2.24, 2.45) is 0 Å². The maximum Gasteiger partial charge on any atom is 0.0804 e. The first kappa shape index (κ1) is 14.3. The Balaban J connectivity index is 2.38. The topological polar surface area (TPSA) is 24.9 Å². The highest BCUT2D eigenvalue weighted by molar-refractivity contribution is 6.31. The highest BCUT2D eigenvalue weighted by Gasteiger charge is 2.17. The van der Waals surface area contributed by atoms with Gasteiger partial charge in [-0.05, 0) is 42.8 Å². The lowest BCUT2D eigenvalue weighted by atomic mass is 10.0. The van der Waals surface area contributed by atoms with Crippen LogP contribution in [0.15, 0.2) is 42.6 Å². The molecule has 1 aromatic heterocycles. The highest BCUT2D eigenvalue weighted by atomic mass is 35.5. The van der Waals surface area contributed by atoms with Crippen LogP contribution in [0.4, 0.5) is 0 Å². The quantitative estimate of drug-likeness (QED) is 0.880. The van der Waals surface area contributed by atoms with E-state index in [0.29, 0.717) is 10.0 Å². The van der Waals surface area contributed by atoms with Crippen LogP contribution in [-0.4, -0.2) is 11.5 Å². The predicted octanol–water partition coefficient (Wildman–Crippen LogP) is 4.48. The van der Waals surface area contributed by atoms with Crippen molar-refractivity contribution in [3.8, 4) is 0 Å². The number of hydrogen-bond donors (Lipinski definition) is 1. The van der Waals surface area contributed by atoms with Gasteiger partial charge >= 0.3 is 0 Å². The number of aromatic nitrogens is 1. The molecule has 2 nitrogen and oxygen atoms in total. The predicted molar refractivity (Wildman–Crippen MR) is 80.8 cm³/mol. The molecular weight excluding hydrogens is 279 g/mol.